The van der Waals surface area contributed by atoms with Gasteiger partial charge >= 0.3 is 23.9 Å². The molecular weight excluding hydrogens is 712 g/mol. The number of carbonyl (C=O) groups excluding carboxylic acids is 4. The molecule has 13 heteroatoms. The zero-order chi connectivity index (χ0) is 39.1. The van der Waals surface area contributed by atoms with E-state index in [1.54, 1.807) is 60.7 Å². The summed E-state index contributed by atoms with van der Waals surface area (Å²) in [6.45, 7) is 9.43. The van der Waals surface area contributed by atoms with Crippen LogP contribution in [0.25, 0.3) is 0 Å². The fourth-order valence-electron chi connectivity index (χ4n) is 5.78. The Morgan fingerprint density at radius 1 is 0.491 bits per heavy atom. The molecule has 2 aromatic carbocycles. The summed E-state index contributed by atoms with van der Waals surface area (Å²) in [6, 6.07) is 13.5. The second kappa shape index (κ2) is 24.2. The van der Waals surface area contributed by atoms with Crippen molar-refractivity contribution >= 4 is 23.9 Å². The monoisotopic (exact) mass is 762 g/mol. The van der Waals surface area contributed by atoms with E-state index in [1.165, 1.54) is 0 Å². The van der Waals surface area contributed by atoms with Gasteiger partial charge in [-0.15, -0.1) is 0 Å². The van der Waals surface area contributed by atoms with Crippen LogP contribution in [0.15, 0.2) is 98.1 Å². The van der Waals surface area contributed by atoms with Gasteiger partial charge < -0.3 is 42.6 Å². The van der Waals surface area contributed by atoms with Crippen LogP contribution >= 0.6 is 0 Å². The van der Waals surface area contributed by atoms with Gasteiger partial charge in [-0.05, 0) is 49.9 Å². The maximum atomic E-state index is 13.0. The van der Waals surface area contributed by atoms with Crippen LogP contribution in [0.4, 0.5) is 0 Å². The first-order valence-electron chi connectivity index (χ1n) is 18.4. The minimum atomic E-state index is -0.671. The number of esters is 4. The molecule has 0 heterocycles. The lowest BCUT2D eigenvalue weighted by molar-refractivity contribution is -0.158. The Morgan fingerprint density at radius 2 is 0.818 bits per heavy atom. The van der Waals surface area contributed by atoms with Crippen molar-refractivity contribution in [2.24, 2.45) is 23.7 Å². The Bertz CT molecular complexity index is 1500. The van der Waals surface area contributed by atoms with E-state index < -0.39 is 47.5 Å². The van der Waals surface area contributed by atoms with Crippen LogP contribution in [0.3, 0.4) is 0 Å². The predicted molar refractivity (Wildman–Crippen MR) is 201 cm³/mol. The predicted octanol–water partition coefficient (Wildman–Crippen LogP) is 5.63. The number of allylic oxidation sites excluding steroid dienone is 4. The third-order valence-corrected chi connectivity index (χ3v) is 8.55. The molecule has 2 aromatic rings. The van der Waals surface area contributed by atoms with Crippen molar-refractivity contribution in [1.82, 2.24) is 0 Å². The fourth-order valence-corrected chi connectivity index (χ4v) is 5.78. The highest BCUT2D eigenvalue weighted by Crippen LogP contribution is 2.31. The number of benzene rings is 2. The van der Waals surface area contributed by atoms with Gasteiger partial charge in [0, 0.05) is 12.1 Å². The molecule has 296 valence electrons. The topological polar surface area (TPSA) is 151 Å². The minimum absolute atomic E-state index is 0.0319. The first-order valence-corrected chi connectivity index (χ1v) is 18.4. The van der Waals surface area contributed by atoms with Gasteiger partial charge in [0.1, 0.15) is 49.4 Å². The summed E-state index contributed by atoms with van der Waals surface area (Å²) in [4.78, 5) is 51.6. The van der Waals surface area contributed by atoms with Crippen LogP contribution in [0.1, 0.15) is 25.7 Å². The van der Waals surface area contributed by atoms with E-state index in [2.05, 4.69) is 13.2 Å². The molecule has 0 amide bonds. The lowest BCUT2D eigenvalue weighted by Gasteiger charge is -2.25. The minimum Gasteiger partial charge on any atom is -0.489 e. The van der Waals surface area contributed by atoms with Crippen molar-refractivity contribution in [1.29, 1.82) is 0 Å². The number of ether oxygens (including phenoxy) is 9. The molecule has 0 saturated heterocycles. The van der Waals surface area contributed by atoms with Crippen LogP contribution in [0.5, 0.6) is 23.0 Å². The standard InChI is InChI=1S/C42H50O13/c1-3-19-50-31-11-9-13-33(29-31)54-41(45)37-17-7-5-15-35(37)39(43)52-27-25-48-23-21-47-22-24-49-26-28-53-40(44)36-16-6-8-18-38(36)42(46)55-34-14-10-12-32(30-34)51-20-4-2/h3-14,29-30,35-38H,1-2,15-28H2/t35-,36+,37+,38-. The van der Waals surface area contributed by atoms with Gasteiger partial charge in [0.2, 0.25) is 0 Å². The molecule has 0 aliphatic heterocycles. The zero-order valence-corrected chi connectivity index (χ0v) is 31.0. The summed E-state index contributed by atoms with van der Waals surface area (Å²) >= 11 is 0. The van der Waals surface area contributed by atoms with E-state index in [0.717, 1.165) is 0 Å². The normalized spacial score (nSPS) is 18.8. The lowest BCUT2D eigenvalue weighted by Crippen LogP contribution is -2.35. The van der Waals surface area contributed by atoms with Gasteiger partial charge in [0.25, 0.3) is 0 Å². The van der Waals surface area contributed by atoms with E-state index in [4.69, 9.17) is 42.6 Å². The Labute approximate surface area is 321 Å². The maximum Gasteiger partial charge on any atom is 0.315 e. The first-order chi connectivity index (χ1) is 26.9. The van der Waals surface area contributed by atoms with Crippen LogP contribution in [-0.2, 0) is 42.9 Å². The molecule has 55 heavy (non-hydrogen) atoms. The van der Waals surface area contributed by atoms with Gasteiger partial charge in [0.15, 0.2) is 0 Å². The van der Waals surface area contributed by atoms with E-state index in [9.17, 15) is 19.2 Å². The molecule has 0 N–H and O–H groups in total. The average Bonchev–Trinajstić information content (AvgIpc) is 3.21. The lowest BCUT2D eigenvalue weighted by atomic mass is 9.83. The maximum absolute atomic E-state index is 13.0. The third kappa shape index (κ3) is 14.8. The second-order valence-electron chi connectivity index (χ2n) is 12.5. The summed E-state index contributed by atoms with van der Waals surface area (Å²) in [5.41, 5.74) is 0. The summed E-state index contributed by atoms with van der Waals surface area (Å²) in [6.07, 6.45) is 12.2. The van der Waals surface area contributed by atoms with Gasteiger partial charge in [-0.3, -0.25) is 19.2 Å². The van der Waals surface area contributed by atoms with E-state index >= 15 is 0 Å². The molecule has 0 saturated carbocycles. The number of rotatable bonds is 24. The van der Waals surface area contributed by atoms with Crippen molar-refractivity contribution in [2.75, 3.05) is 66.1 Å². The summed E-state index contributed by atoms with van der Waals surface area (Å²) in [5, 5.41) is 0. The third-order valence-electron chi connectivity index (χ3n) is 8.55. The van der Waals surface area contributed by atoms with Crippen LogP contribution < -0.4 is 18.9 Å². The first kappa shape index (κ1) is 42.5. The number of hydrogen-bond acceptors (Lipinski definition) is 13. The molecule has 0 radical (unpaired) electrons. The van der Waals surface area contributed by atoms with Crippen molar-refractivity contribution in [2.45, 2.75) is 25.7 Å². The molecule has 4 atom stereocenters. The van der Waals surface area contributed by atoms with E-state index in [-0.39, 0.29) is 39.6 Å². The molecule has 0 fully saturated rings. The average molecular weight is 763 g/mol. The van der Waals surface area contributed by atoms with Crippen molar-refractivity contribution < 1.29 is 61.8 Å². The quantitative estimate of drug-likeness (QED) is 0.0563. The molecule has 0 bridgehead atoms. The molecule has 13 nitrogen and oxygen atoms in total. The Kier molecular flexibility index (Phi) is 18.7. The molecule has 0 unspecified atom stereocenters. The Hall–Kier alpha value is -5.24. The van der Waals surface area contributed by atoms with Gasteiger partial charge in [-0.2, -0.15) is 0 Å². The van der Waals surface area contributed by atoms with Crippen LogP contribution in [0, 0.1) is 23.7 Å². The number of hydrogen-bond donors (Lipinski definition) is 0. The molecule has 0 aromatic heterocycles. The largest absolute Gasteiger partial charge is 0.489 e. The Morgan fingerprint density at radius 3 is 1.18 bits per heavy atom. The van der Waals surface area contributed by atoms with Gasteiger partial charge in [-0.1, -0.05) is 61.7 Å². The van der Waals surface area contributed by atoms with Gasteiger partial charge in [-0.25, -0.2) is 0 Å². The highest BCUT2D eigenvalue weighted by molar-refractivity contribution is 5.84. The smallest absolute Gasteiger partial charge is 0.315 e. The SMILES string of the molecule is C=CCOc1cccc(OC(=O)[C@H]2CC=CC[C@H]2C(=O)OCCOCCOCCOCCOC(=O)[C@H]2CC=CC[C@H]2C(=O)Oc2cccc(OCC=C)c2)c1. The number of carbonyl (C=O) groups is 4. The van der Waals surface area contributed by atoms with Crippen molar-refractivity contribution in [3.8, 4) is 23.0 Å². The fraction of sp³-hybridized carbons (Fsp3) is 0.429. The van der Waals surface area contributed by atoms with E-state index in [0.29, 0.717) is 75.1 Å². The summed E-state index contributed by atoms with van der Waals surface area (Å²) in [5.74, 6) is -2.91. The van der Waals surface area contributed by atoms with Crippen molar-refractivity contribution in [3.63, 3.8) is 0 Å². The molecular formula is C42H50O13. The zero-order valence-electron chi connectivity index (χ0n) is 31.0. The Balaban J connectivity index is 1.02. The summed E-state index contributed by atoms with van der Waals surface area (Å²) in [7, 11) is 0. The highest BCUT2D eigenvalue weighted by Gasteiger charge is 2.37. The van der Waals surface area contributed by atoms with Crippen LogP contribution in [0.2, 0.25) is 0 Å². The highest BCUT2D eigenvalue weighted by atomic mass is 16.6. The molecule has 2 aliphatic rings. The van der Waals surface area contributed by atoms with Crippen LogP contribution in [-0.4, -0.2) is 89.9 Å². The molecule has 0 spiro atoms. The van der Waals surface area contributed by atoms with E-state index in [1.807, 2.05) is 24.3 Å². The molecule has 2 aliphatic carbocycles. The molecule has 4 rings (SSSR count). The summed E-state index contributed by atoms with van der Waals surface area (Å²) < 4.78 is 49.4. The van der Waals surface area contributed by atoms with Crippen molar-refractivity contribution in [3.05, 3.63) is 98.1 Å². The van der Waals surface area contributed by atoms with Gasteiger partial charge in [0.05, 0.1) is 63.3 Å². The second-order valence-corrected chi connectivity index (χ2v) is 12.5.